The number of hydrogen-bond donors (Lipinski definition) is 0. The Bertz CT molecular complexity index is 2470. The van der Waals surface area contributed by atoms with Crippen LogP contribution in [-0.4, -0.2) is 14.5 Å². The summed E-state index contributed by atoms with van der Waals surface area (Å²) in [6.45, 7) is 0. The van der Waals surface area contributed by atoms with Crippen molar-refractivity contribution in [1.82, 2.24) is 14.5 Å². The summed E-state index contributed by atoms with van der Waals surface area (Å²) in [5, 5.41) is 0. The smallest absolute Gasteiger partial charge is 0.164 e. The van der Waals surface area contributed by atoms with Crippen LogP contribution >= 0.6 is 0 Å². The van der Waals surface area contributed by atoms with Crippen LogP contribution in [0, 0.1) is 0 Å². The van der Waals surface area contributed by atoms with E-state index in [9.17, 15) is 0 Å². The van der Waals surface area contributed by atoms with Gasteiger partial charge < -0.3 is 0 Å². The van der Waals surface area contributed by atoms with Crippen molar-refractivity contribution in [3.8, 4) is 72.7 Å². The first kappa shape index (κ1) is 30.2. The summed E-state index contributed by atoms with van der Waals surface area (Å²) < 4.78 is 2.18. The van der Waals surface area contributed by atoms with Crippen LogP contribution in [0.15, 0.2) is 200 Å². The number of fused-ring (bicyclic) bond motifs is 1. The van der Waals surface area contributed by atoms with E-state index in [0.717, 1.165) is 61.6 Å². The summed E-state index contributed by atoms with van der Waals surface area (Å²) in [4.78, 5) is 10.3. The van der Waals surface area contributed by atoms with Crippen LogP contribution in [-0.2, 0) is 0 Å². The maximum atomic E-state index is 5.32. The number of nitrogens with zero attached hydrogens (tertiary/aromatic N) is 3. The van der Waals surface area contributed by atoms with Crippen molar-refractivity contribution in [2.45, 2.75) is 0 Å². The molecule has 0 unspecified atom stereocenters. The lowest BCUT2D eigenvalue weighted by Gasteiger charge is -2.14. The molecule has 51 heavy (non-hydrogen) atoms. The van der Waals surface area contributed by atoms with Crippen molar-refractivity contribution in [3.63, 3.8) is 0 Å². The SMILES string of the molecule is c1ccc(-c2ccc(-c3cc(-c4ccc(-c5ccccc5)cc4)cc(-c4nc5cc(-c6ccccc6)cnc5n4-c4ccccc4)c3)cc2)cc1. The van der Waals surface area contributed by atoms with E-state index >= 15 is 0 Å². The van der Waals surface area contributed by atoms with Crippen LogP contribution in [0.1, 0.15) is 0 Å². The second-order valence-electron chi connectivity index (χ2n) is 12.7. The van der Waals surface area contributed by atoms with Gasteiger partial charge in [0.05, 0.1) is 0 Å². The lowest BCUT2D eigenvalue weighted by molar-refractivity contribution is 1.08. The summed E-state index contributed by atoms with van der Waals surface area (Å²) in [7, 11) is 0. The molecule has 0 N–H and O–H groups in total. The van der Waals surface area contributed by atoms with Gasteiger partial charge in [0.15, 0.2) is 5.65 Å². The minimum Gasteiger partial charge on any atom is -0.277 e. The van der Waals surface area contributed by atoms with E-state index in [0.29, 0.717) is 0 Å². The third kappa shape index (κ3) is 6.03. The minimum atomic E-state index is 0.822. The van der Waals surface area contributed by atoms with Crippen molar-refractivity contribution in [3.05, 3.63) is 200 Å². The Morgan fingerprint density at radius 2 is 0.686 bits per heavy atom. The van der Waals surface area contributed by atoms with Crippen LogP contribution in [0.4, 0.5) is 0 Å². The molecule has 0 atom stereocenters. The third-order valence-corrected chi connectivity index (χ3v) is 9.46. The second-order valence-corrected chi connectivity index (χ2v) is 12.7. The lowest BCUT2D eigenvalue weighted by atomic mass is 9.93. The second kappa shape index (κ2) is 13.2. The van der Waals surface area contributed by atoms with E-state index in [4.69, 9.17) is 9.97 Å². The molecule has 0 amide bonds. The Hall–Kier alpha value is -6.84. The highest BCUT2D eigenvalue weighted by molar-refractivity contribution is 5.87. The third-order valence-electron chi connectivity index (χ3n) is 9.46. The average Bonchev–Trinajstić information content (AvgIpc) is 3.61. The van der Waals surface area contributed by atoms with E-state index in [1.807, 2.05) is 18.3 Å². The maximum absolute atomic E-state index is 5.32. The molecule has 0 radical (unpaired) electrons. The summed E-state index contributed by atoms with van der Waals surface area (Å²) in [5.41, 5.74) is 15.2. The van der Waals surface area contributed by atoms with Gasteiger partial charge in [-0.2, -0.15) is 0 Å². The molecule has 3 nitrogen and oxygen atoms in total. The minimum absolute atomic E-state index is 0.822. The molecule has 0 spiro atoms. The molecule has 0 saturated heterocycles. The van der Waals surface area contributed by atoms with Crippen LogP contribution in [0.25, 0.3) is 83.9 Å². The highest BCUT2D eigenvalue weighted by Gasteiger charge is 2.18. The number of pyridine rings is 1. The Morgan fingerprint density at radius 1 is 0.314 bits per heavy atom. The fraction of sp³-hybridized carbons (Fsp3) is 0. The number of imidazole rings is 1. The molecule has 0 bridgehead atoms. The monoisotopic (exact) mass is 651 g/mol. The van der Waals surface area contributed by atoms with E-state index in [1.54, 1.807) is 0 Å². The normalized spacial score (nSPS) is 11.1. The summed E-state index contributed by atoms with van der Waals surface area (Å²) >= 11 is 0. The van der Waals surface area contributed by atoms with Gasteiger partial charge in [-0.15, -0.1) is 0 Å². The van der Waals surface area contributed by atoms with Gasteiger partial charge in [-0.05, 0) is 86.5 Å². The Morgan fingerprint density at radius 3 is 1.16 bits per heavy atom. The zero-order valence-corrected chi connectivity index (χ0v) is 27.9. The largest absolute Gasteiger partial charge is 0.277 e. The molecular weight excluding hydrogens is 619 g/mol. The first-order valence-electron chi connectivity index (χ1n) is 17.2. The summed E-state index contributed by atoms with van der Waals surface area (Å²) in [6.07, 6.45) is 1.95. The molecule has 3 heteroatoms. The van der Waals surface area contributed by atoms with Crippen LogP contribution in [0.2, 0.25) is 0 Å². The highest BCUT2D eigenvalue weighted by atomic mass is 15.1. The van der Waals surface area contributed by atoms with E-state index in [-0.39, 0.29) is 0 Å². The predicted molar refractivity (Wildman–Crippen MR) is 211 cm³/mol. The van der Waals surface area contributed by atoms with Crippen molar-refractivity contribution in [2.24, 2.45) is 0 Å². The number of rotatable bonds is 7. The molecule has 0 saturated carbocycles. The zero-order chi connectivity index (χ0) is 34.0. The highest BCUT2D eigenvalue weighted by Crippen LogP contribution is 2.37. The van der Waals surface area contributed by atoms with Gasteiger partial charge in [0.1, 0.15) is 11.3 Å². The molecule has 2 aromatic heterocycles. The fourth-order valence-electron chi connectivity index (χ4n) is 6.83. The Labute approximate surface area is 297 Å². The topological polar surface area (TPSA) is 30.7 Å². The van der Waals surface area contributed by atoms with Gasteiger partial charge in [-0.1, -0.05) is 158 Å². The molecule has 7 aromatic carbocycles. The first-order valence-corrected chi connectivity index (χ1v) is 17.2. The summed E-state index contributed by atoms with van der Waals surface area (Å²) in [6, 6.07) is 68.5. The number of para-hydroxylation sites is 1. The quantitative estimate of drug-likeness (QED) is 0.172. The fourth-order valence-corrected chi connectivity index (χ4v) is 6.83. The molecule has 0 aliphatic heterocycles. The van der Waals surface area contributed by atoms with Crippen LogP contribution in [0.5, 0.6) is 0 Å². The predicted octanol–water partition coefficient (Wildman–Crippen LogP) is 12.4. The van der Waals surface area contributed by atoms with Crippen molar-refractivity contribution < 1.29 is 0 Å². The number of aromatic nitrogens is 3. The van der Waals surface area contributed by atoms with E-state index in [2.05, 4.69) is 187 Å². The molecule has 9 rings (SSSR count). The standard InChI is InChI=1S/C48H33N3/c1-5-13-34(14-6-1)37-21-25-39(26-22-37)41-29-42(40-27-23-38(24-28-40)35-15-7-2-8-16-35)31-43(30-41)47-50-46-32-44(36-17-9-3-10-18-36)33-49-48(46)51(47)45-19-11-4-12-20-45/h1-33H. The van der Waals surface area contributed by atoms with Gasteiger partial charge >= 0.3 is 0 Å². The molecule has 2 heterocycles. The molecule has 240 valence electrons. The Kier molecular flexibility index (Phi) is 7.84. The number of hydrogen-bond acceptors (Lipinski definition) is 2. The van der Waals surface area contributed by atoms with Gasteiger partial charge in [-0.3, -0.25) is 4.57 Å². The maximum Gasteiger partial charge on any atom is 0.164 e. The lowest BCUT2D eigenvalue weighted by Crippen LogP contribution is -1.99. The van der Waals surface area contributed by atoms with E-state index in [1.165, 1.54) is 22.3 Å². The van der Waals surface area contributed by atoms with Crippen molar-refractivity contribution >= 4 is 11.2 Å². The average molecular weight is 652 g/mol. The zero-order valence-electron chi connectivity index (χ0n) is 27.9. The molecular formula is C48H33N3. The van der Waals surface area contributed by atoms with Crippen molar-refractivity contribution in [1.29, 1.82) is 0 Å². The molecule has 0 aliphatic rings. The Balaban J connectivity index is 1.22. The van der Waals surface area contributed by atoms with Crippen molar-refractivity contribution in [2.75, 3.05) is 0 Å². The van der Waals surface area contributed by atoms with Crippen LogP contribution < -0.4 is 0 Å². The summed E-state index contributed by atoms with van der Waals surface area (Å²) in [5.74, 6) is 0.846. The molecule has 0 fully saturated rings. The number of benzene rings is 7. The van der Waals surface area contributed by atoms with Crippen LogP contribution in [0.3, 0.4) is 0 Å². The van der Waals surface area contributed by atoms with Gasteiger partial charge in [0.2, 0.25) is 0 Å². The molecule has 0 aliphatic carbocycles. The van der Waals surface area contributed by atoms with Gasteiger partial charge in [0, 0.05) is 23.0 Å². The van der Waals surface area contributed by atoms with Gasteiger partial charge in [0.25, 0.3) is 0 Å². The van der Waals surface area contributed by atoms with Gasteiger partial charge in [-0.25, -0.2) is 9.97 Å². The van der Waals surface area contributed by atoms with E-state index < -0.39 is 0 Å². The molecule has 9 aromatic rings. The first-order chi connectivity index (χ1) is 25.3.